The molecule has 19 heavy (non-hydrogen) atoms. The summed E-state index contributed by atoms with van der Waals surface area (Å²) < 4.78 is 14.4. The highest BCUT2D eigenvalue weighted by atomic mass is 79.9. The van der Waals surface area contributed by atoms with Crippen LogP contribution >= 0.6 is 15.9 Å². The van der Waals surface area contributed by atoms with Crippen LogP contribution in [0.1, 0.15) is 24.1 Å². The van der Waals surface area contributed by atoms with Gasteiger partial charge in [-0.3, -0.25) is 0 Å². The maximum absolute atomic E-state index is 13.6. The lowest BCUT2D eigenvalue weighted by Crippen LogP contribution is -2.08. The Kier molecular flexibility index (Phi) is 4.18. The van der Waals surface area contributed by atoms with Crippen LogP contribution in [0.2, 0.25) is 0 Å². The minimum Gasteiger partial charge on any atom is -0.378 e. The lowest BCUT2D eigenvalue weighted by Gasteiger charge is -2.16. The molecule has 0 radical (unpaired) electrons. The van der Waals surface area contributed by atoms with Gasteiger partial charge in [-0.2, -0.15) is 5.26 Å². The van der Waals surface area contributed by atoms with Gasteiger partial charge in [0, 0.05) is 15.7 Å². The van der Waals surface area contributed by atoms with Crippen molar-refractivity contribution in [3.05, 3.63) is 63.9 Å². The van der Waals surface area contributed by atoms with Gasteiger partial charge >= 0.3 is 0 Å². The van der Waals surface area contributed by atoms with E-state index in [0.717, 1.165) is 10.2 Å². The van der Waals surface area contributed by atoms with Crippen molar-refractivity contribution in [3.63, 3.8) is 0 Å². The van der Waals surface area contributed by atoms with Crippen molar-refractivity contribution in [2.45, 2.75) is 13.0 Å². The second kappa shape index (κ2) is 5.85. The highest BCUT2D eigenvalue weighted by Crippen LogP contribution is 2.25. The zero-order chi connectivity index (χ0) is 13.8. The monoisotopic (exact) mass is 318 g/mol. The lowest BCUT2D eigenvalue weighted by atomic mass is 10.1. The normalized spacial score (nSPS) is 11.7. The number of nitriles is 1. The molecule has 0 aliphatic rings. The molecule has 2 aromatic rings. The lowest BCUT2D eigenvalue weighted by molar-refractivity contribution is 0.600. The topological polar surface area (TPSA) is 35.8 Å². The Morgan fingerprint density at radius 3 is 2.63 bits per heavy atom. The summed E-state index contributed by atoms with van der Waals surface area (Å²) in [6, 6.07) is 14.0. The second-order valence-electron chi connectivity index (χ2n) is 4.19. The number of hydrogen-bond donors (Lipinski definition) is 1. The van der Waals surface area contributed by atoms with Crippen LogP contribution in [0.25, 0.3) is 0 Å². The molecule has 96 valence electrons. The molecule has 0 heterocycles. The summed E-state index contributed by atoms with van der Waals surface area (Å²) in [6.45, 7) is 1.89. The van der Waals surface area contributed by atoms with Crippen molar-refractivity contribution in [1.82, 2.24) is 0 Å². The number of halogens is 2. The Hall–Kier alpha value is -1.86. The Labute approximate surface area is 120 Å². The van der Waals surface area contributed by atoms with Gasteiger partial charge in [0.25, 0.3) is 0 Å². The van der Waals surface area contributed by atoms with Gasteiger partial charge in [-0.15, -0.1) is 0 Å². The van der Waals surface area contributed by atoms with Crippen molar-refractivity contribution in [2.24, 2.45) is 0 Å². The molecular weight excluding hydrogens is 307 g/mol. The smallest absolute Gasteiger partial charge is 0.128 e. The minimum atomic E-state index is -0.227. The molecule has 0 amide bonds. The summed E-state index contributed by atoms with van der Waals surface area (Å²) in [5, 5.41) is 12.1. The number of anilines is 1. The molecule has 0 aliphatic heterocycles. The summed E-state index contributed by atoms with van der Waals surface area (Å²) in [5.41, 5.74) is 2.02. The van der Waals surface area contributed by atoms with Crippen LogP contribution in [0.3, 0.4) is 0 Å². The largest absolute Gasteiger partial charge is 0.378 e. The first-order chi connectivity index (χ1) is 9.11. The van der Waals surface area contributed by atoms with Crippen LogP contribution in [0.15, 0.2) is 46.9 Å². The molecule has 0 aliphatic carbocycles. The van der Waals surface area contributed by atoms with Gasteiger partial charge in [-0.05, 0) is 47.1 Å². The standard InChI is InChI=1S/C15H12BrFN2/c1-10(13-4-2-3-5-15(13)17)19-12-7-6-11(9-18)14(16)8-12/h2-8,10,19H,1H3. The van der Waals surface area contributed by atoms with Gasteiger partial charge in [0.2, 0.25) is 0 Å². The average Bonchev–Trinajstić information content (AvgIpc) is 2.39. The molecular formula is C15H12BrFN2. The number of nitrogens with zero attached hydrogens (tertiary/aromatic N) is 1. The summed E-state index contributed by atoms with van der Waals surface area (Å²) in [6.07, 6.45) is 0. The minimum absolute atomic E-state index is 0.152. The molecule has 1 unspecified atom stereocenters. The van der Waals surface area contributed by atoms with Crippen LogP contribution in [-0.2, 0) is 0 Å². The van der Waals surface area contributed by atoms with E-state index in [1.54, 1.807) is 24.3 Å². The van der Waals surface area contributed by atoms with Crippen molar-refractivity contribution < 1.29 is 4.39 Å². The number of nitrogens with one attached hydrogen (secondary N) is 1. The van der Waals surface area contributed by atoms with E-state index in [-0.39, 0.29) is 11.9 Å². The van der Waals surface area contributed by atoms with E-state index in [4.69, 9.17) is 5.26 Å². The first kappa shape index (κ1) is 13.6. The quantitative estimate of drug-likeness (QED) is 0.895. The van der Waals surface area contributed by atoms with E-state index in [2.05, 4.69) is 27.3 Å². The van der Waals surface area contributed by atoms with E-state index >= 15 is 0 Å². The fourth-order valence-corrected chi connectivity index (χ4v) is 2.32. The van der Waals surface area contributed by atoms with Gasteiger partial charge in [0.1, 0.15) is 11.9 Å². The summed E-state index contributed by atoms with van der Waals surface area (Å²) >= 11 is 3.33. The zero-order valence-corrected chi connectivity index (χ0v) is 11.9. The summed E-state index contributed by atoms with van der Waals surface area (Å²) in [4.78, 5) is 0. The summed E-state index contributed by atoms with van der Waals surface area (Å²) in [5.74, 6) is -0.227. The molecule has 1 N–H and O–H groups in total. The van der Waals surface area contributed by atoms with E-state index in [0.29, 0.717) is 11.1 Å². The highest BCUT2D eigenvalue weighted by Gasteiger charge is 2.10. The number of benzene rings is 2. The van der Waals surface area contributed by atoms with Gasteiger partial charge in [-0.1, -0.05) is 18.2 Å². The zero-order valence-electron chi connectivity index (χ0n) is 10.3. The molecule has 4 heteroatoms. The third kappa shape index (κ3) is 3.12. The average molecular weight is 319 g/mol. The Balaban J connectivity index is 2.20. The van der Waals surface area contributed by atoms with Crippen LogP contribution < -0.4 is 5.32 Å². The molecule has 0 fully saturated rings. The first-order valence-electron chi connectivity index (χ1n) is 5.82. The SMILES string of the molecule is CC(Nc1ccc(C#N)c(Br)c1)c1ccccc1F. The number of rotatable bonds is 3. The fourth-order valence-electron chi connectivity index (χ4n) is 1.85. The highest BCUT2D eigenvalue weighted by molar-refractivity contribution is 9.10. The van der Waals surface area contributed by atoms with Crippen LogP contribution in [0.5, 0.6) is 0 Å². The fraction of sp³-hybridized carbons (Fsp3) is 0.133. The molecule has 1 atom stereocenters. The maximum atomic E-state index is 13.6. The maximum Gasteiger partial charge on any atom is 0.128 e. The van der Waals surface area contributed by atoms with E-state index < -0.39 is 0 Å². The van der Waals surface area contributed by atoms with Crippen molar-refractivity contribution in [1.29, 1.82) is 5.26 Å². The van der Waals surface area contributed by atoms with E-state index in [1.165, 1.54) is 6.07 Å². The third-order valence-corrected chi connectivity index (χ3v) is 3.50. The predicted molar refractivity (Wildman–Crippen MR) is 77.3 cm³/mol. The van der Waals surface area contributed by atoms with Gasteiger partial charge in [0.05, 0.1) is 11.6 Å². The van der Waals surface area contributed by atoms with Crippen molar-refractivity contribution in [3.8, 4) is 6.07 Å². The van der Waals surface area contributed by atoms with Gasteiger partial charge < -0.3 is 5.32 Å². The third-order valence-electron chi connectivity index (χ3n) is 2.84. The van der Waals surface area contributed by atoms with E-state index in [9.17, 15) is 4.39 Å². The molecule has 2 aromatic carbocycles. The van der Waals surface area contributed by atoms with E-state index in [1.807, 2.05) is 19.1 Å². The van der Waals surface area contributed by atoms with Crippen molar-refractivity contribution in [2.75, 3.05) is 5.32 Å². The van der Waals surface area contributed by atoms with Crippen LogP contribution in [0, 0.1) is 17.1 Å². The second-order valence-corrected chi connectivity index (χ2v) is 5.05. The Morgan fingerprint density at radius 1 is 1.26 bits per heavy atom. The molecule has 0 aromatic heterocycles. The summed E-state index contributed by atoms with van der Waals surface area (Å²) in [7, 11) is 0. The van der Waals surface area contributed by atoms with Crippen molar-refractivity contribution >= 4 is 21.6 Å². The Bertz CT molecular complexity index is 634. The predicted octanol–water partition coefficient (Wildman–Crippen LogP) is 4.63. The molecule has 0 saturated heterocycles. The first-order valence-corrected chi connectivity index (χ1v) is 6.61. The molecule has 2 nitrogen and oxygen atoms in total. The van der Waals surface area contributed by atoms with Crippen LogP contribution in [-0.4, -0.2) is 0 Å². The van der Waals surface area contributed by atoms with Gasteiger partial charge in [0.15, 0.2) is 0 Å². The van der Waals surface area contributed by atoms with Crippen LogP contribution in [0.4, 0.5) is 10.1 Å². The molecule has 2 rings (SSSR count). The molecule has 0 bridgehead atoms. The van der Waals surface area contributed by atoms with Gasteiger partial charge in [-0.25, -0.2) is 4.39 Å². The molecule has 0 spiro atoms. The molecule has 0 saturated carbocycles. The number of hydrogen-bond acceptors (Lipinski definition) is 2. The Morgan fingerprint density at radius 2 is 2.00 bits per heavy atom.